The Morgan fingerprint density at radius 1 is 1.04 bits per heavy atom. The molecule has 1 aromatic carbocycles. The van der Waals surface area contributed by atoms with Crippen LogP contribution >= 0.6 is 0 Å². The second-order valence-electron chi connectivity index (χ2n) is 4.82. The Labute approximate surface area is 137 Å². The van der Waals surface area contributed by atoms with Gasteiger partial charge in [-0.2, -0.15) is 0 Å². The van der Waals surface area contributed by atoms with Crippen LogP contribution in [0.15, 0.2) is 30.3 Å². The number of hydrogen-bond acceptors (Lipinski definition) is 6. The maximum Gasteiger partial charge on any atom is 0.413 e. The van der Waals surface area contributed by atoms with Gasteiger partial charge < -0.3 is 4.74 Å². The van der Waals surface area contributed by atoms with E-state index in [4.69, 9.17) is 0 Å². The minimum absolute atomic E-state index is 0.0596. The van der Waals surface area contributed by atoms with Crippen molar-refractivity contribution < 1.29 is 28.7 Å². The molecule has 0 spiro atoms. The summed E-state index contributed by atoms with van der Waals surface area (Å²) >= 11 is 0. The highest BCUT2D eigenvalue weighted by Gasteiger charge is 2.45. The van der Waals surface area contributed by atoms with Gasteiger partial charge in [0.1, 0.15) is 6.54 Å². The van der Waals surface area contributed by atoms with E-state index in [1.165, 1.54) is 0 Å². The zero-order valence-electron chi connectivity index (χ0n) is 12.9. The second kappa shape index (κ2) is 7.36. The highest BCUT2D eigenvalue weighted by molar-refractivity contribution is 6.45. The van der Waals surface area contributed by atoms with Crippen LogP contribution in [0.1, 0.15) is 12.5 Å². The lowest BCUT2D eigenvalue weighted by Gasteiger charge is -2.15. The number of carbonyl (C=O) groups excluding carboxylic acids is 5. The van der Waals surface area contributed by atoms with Crippen LogP contribution in [0.25, 0.3) is 0 Å². The summed E-state index contributed by atoms with van der Waals surface area (Å²) in [7, 11) is 0. The van der Waals surface area contributed by atoms with Gasteiger partial charge in [-0.3, -0.25) is 24.6 Å². The number of amides is 6. The molecule has 0 aromatic heterocycles. The smallest absolute Gasteiger partial charge is 0.413 e. The largest absolute Gasteiger partial charge is 0.450 e. The molecule has 126 valence electrons. The topological polar surface area (TPSA) is 113 Å². The Hall–Kier alpha value is -3.23. The Bertz CT molecular complexity index is 688. The van der Waals surface area contributed by atoms with Crippen molar-refractivity contribution in [3.63, 3.8) is 0 Å². The lowest BCUT2D eigenvalue weighted by atomic mass is 10.2. The van der Waals surface area contributed by atoms with Crippen molar-refractivity contribution in [1.29, 1.82) is 0 Å². The molecule has 1 heterocycles. The molecule has 2 rings (SSSR count). The quantitative estimate of drug-likeness (QED) is 0.610. The number of hydrogen-bond donors (Lipinski definition) is 1. The highest BCUT2D eigenvalue weighted by atomic mass is 16.5. The van der Waals surface area contributed by atoms with E-state index in [2.05, 4.69) is 4.74 Å². The van der Waals surface area contributed by atoms with Crippen LogP contribution in [0.5, 0.6) is 0 Å². The summed E-state index contributed by atoms with van der Waals surface area (Å²) in [6, 6.07) is 7.71. The third-order valence-electron chi connectivity index (χ3n) is 3.14. The molecule has 1 aliphatic rings. The molecule has 0 aliphatic carbocycles. The van der Waals surface area contributed by atoms with Crippen molar-refractivity contribution in [1.82, 2.24) is 15.1 Å². The lowest BCUT2D eigenvalue weighted by Crippen LogP contribution is -2.43. The van der Waals surface area contributed by atoms with Crippen molar-refractivity contribution >= 4 is 29.8 Å². The van der Waals surface area contributed by atoms with Crippen molar-refractivity contribution in [2.75, 3.05) is 13.2 Å². The summed E-state index contributed by atoms with van der Waals surface area (Å²) < 4.78 is 4.52. The molecule has 24 heavy (non-hydrogen) atoms. The van der Waals surface area contributed by atoms with Crippen LogP contribution in [0, 0.1) is 0 Å². The monoisotopic (exact) mass is 333 g/mol. The van der Waals surface area contributed by atoms with E-state index in [9.17, 15) is 24.0 Å². The normalized spacial score (nSPS) is 14.1. The first-order valence-electron chi connectivity index (χ1n) is 7.12. The van der Waals surface area contributed by atoms with Gasteiger partial charge in [0.05, 0.1) is 13.2 Å². The molecule has 1 aliphatic heterocycles. The number of benzene rings is 1. The van der Waals surface area contributed by atoms with Crippen LogP contribution in [0.3, 0.4) is 0 Å². The first-order chi connectivity index (χ1) is 11.4. The van der Waals surface area contributed by atoms with E-state index < -0.39 is 36.4 Å². The Kier molecular flexibility index (Phi) is 5.25. The fourth-order valence-electron chi connectivity index (χ4n) is 2.06. The molecular formula is C15H15N3O6. The minimum Gasteiger partial charge on any atom is -0.450 e. The van der Waals surface area contributed by atoms with Crippen molar-refractivity contribution in [3.8, 4) is 0 Å². The van der Waals surface area contributed by atoms with E-state index in [0.717, 1.165) is 4.90 Å². The molecule has 9 nitrogen and oxygen atoms in total. The van der Waals surface area contributed by atoms with E-state index in [1.807, 2.05) is 5.32 Å². The fourth-order valence-corrected chi connectivity index (χ4v) is 2.06. The van der Waals surface area contributed by atoms with E-state index in [0.29, 0.717) is 10.5 Å². The average molecular weight is 333 g/mol. The van der Waals surface area contributed by atoms with Gasteiger partial charge in [-0.1, -0.05) is 30.3 Å². The van der Waals surface area contributed by atoms with Gasteiger partial charge in [0.15, 0.2) is 0 Å². The number of rotatable bonds is 5. The van der Waals surface area contributed by atoms with E-state index in [-0.39, 0.29) is 13.2 Å². The van der Waals surface area contributed by atoms with Crippen LogP contribution in [0.4, 0.5) is 9.59 Å². The zero-order valence-corrected chi connectivity index (χ0v) is 12.9. The van der Waals surface area contributed by atoms with Gasteiger partial charge in [-0.05, 0) is 12.5 Å². The number of ether oxygens (including phenoxy) is 1. The number of nitrogens with zero attached hydrogens (tertiary/aromatic N) is 2. The molecule has 1 N–H and O–H groups in total. The predicted molar refractivity (Wildman–Crippen MR) is 79.3 cm³/mol. The summed E-state index contributed by atoms with van der Waals surface area (Å²) in [6.07, 6.45) is -0.992. The molecule has 1 saturated heterocycles. The molecule has 0 radical (unpaired) electrons. The Balaban J connectivity index is 2.03. The van der Waals surface area contributed by atoms with Gasteiger partial charge in [0.25, 0.3) is 0 Å². The lowest BCUT2D eigenvalue weighted by molar-refractivity contribution is -0.144. The van der Waals surface area contributed by atoms with Gasteiger partial charge in [-0.15, -0.1) is 0 Å². The predicted octanol–water partition coefficient (Wildman–Crippen LogP) is 0.250. The third kappa shape index (κ3) is 3.75. The molecule has 1 fully saturated rings. The van der Waals surface area contributed by atoms with Crippen molar-refractivity contribution in [3.05, 3.63) is 35.9 Å². The van der Waals surface area contributed by atoms with Crippen LogP contribution in [-0.4, -0.2) is 52.8 Å². The molecule has 9 heteroatoms. The third-order valence-corrected chi connectivity index (χ3v) is 3.14. The average Bonchev–Trinajstić information content (AvgIpc) is 2.74. The summed E-state index contributed by atoms with van der Waals surface area (Å²) in [6.45, 7) is 0.787. The first kappa shape index (κ1) is 17.1. The summed E-state index contributed by atoms with van der Waals surface area (Å²) in [5.74, 6) is -3.06. The summed E-state index contributed by atoms with van der Waals surface area (Å²) in [5.41, 5.74) is 0.657. The Morgan fingerprint density at radius 2 is 1.67 bits per heavy atom. The van der Waals surface area contributed by atoms with Crippen molar-refractivity contribution in [2.45, 2.75) is 13.5 Å². The fraction of sp³-hybridized carbons (Fsp3) is 0.267. The van der Waals surface area contributed by atoms with Gasteiger partial charge in [-0.25, -0.2) is 14.5 Å². The number of carbonyl (C=O) groups is 5. The van der Waals surface area contributed by atoms with Crippen LogP contribution in [0.2, 0.25) is 0 Å². The number of nitrogens with one attached hydrogen (secondary N) is 1. The maximum absolute atomic E-state index is 12.2. The molecule has 1 aromatic rings. The van der Waals surface area contributed by atoms with Crippen molar-refractivity contribution in [2.24, 2.45) is 0 Å². The van der Waals surface area contributed by atoms with E-state index >= 15 is 0 Å². The number of urea groups is 1. The molecule has 0 saturated carbocycles. The zero-order chi connectivity index (χ0) is 17.7. The molecule has 6 amide bonds. The molecule has 0 bridgehead atoms. The summed E-state index contributed by atoms with van der Waals surface area (Å²) in [5, 5.41) is 1.85. The van der Waals surface area contributed by atoms with Gasteiger partial charge in [0, 0.05) is 0 Å². The molecule has 0 atom stereocenters. The first-order valence-corrected chi connectivity index (χ1v) is 7.12. The van der Waals surface area contributed by atoms with Crippen LogP contribution < -0.4 is 5.32 Å². The molecule has 0 unspecified atom stereocenters. The molecular weight excluding hydrogens is 318 g/mol. The minimum atomic E-state index is -1.12. The maximum atomic E-state index is 12.2. The SMILES string of the molecule is CCOC(=O)NC(=O)CN1C(=O)C(=O)N(Cc2ccccc2)C1=O. The highest BCUT2D eigenvalue weighted by Crippen LogP contribution is 2.15. The Morgan fingerprint density at radius 3 is 2.29 bits per heavy atom. The van der Waals surface area contributed by atoms with E-state index in [1.54, 1.807) is 37.3 Å². The van der Waals surface area contributed by atoms with Crippen LogP contribution in [-0.2, 0) is 25.7 Å². The standard InChI is InChI=1S/C15H15N3O6/c1-2-24-14(22)16-11(19)9-18-13(21)12(20)17(15(18)23)8-10-6-4-3-5-7-10/h3-7H,2,8-9H2,1H3,(H,16,19,22). The number of imide groups is 3. The van der Waals surface area contributed by atoms with Gasteiger partial charge in [0.2, 0.25) is 5.91 Å². The number of alkyl carbamates (subject to hydrolysis) is 1. The second-order valence-corrected chi connectivity index (χ2v) is 4.82. The van der Waals surface area contributed by atoms with Gasteiger partial charge >= 0.3 is 23.9 Å². The summed E-state index contributed by atoms with van der Waals surface area (Å²) in [4.78, 5) is 60.0.